The second-order valence-electron chi connectivity index (χ2n) is 8.11. The minimum absolute atomic E-state index is 0.249. The number of hydrogen-bond acceptors (Lipinski definition) is 5. The lowest BCUT2D eigenvalue weighted by molar-refractivity contribution is -0.108. The Bertz CT molecular complexity index is 1220. The summed E-state index contributed by atoms with van der Waals surface area (Å²) in [5.74, 6) is 0.537. The van der Waals surface area contributed by atoms with Crippen LogP contribution in [0.5, 0.6) is 0 Å². The van der Waals surface area contributed by atoms with Gasteiger partial charge in [-0.25, -0.2) is 4.68 Å². The summed E-state index contributed by atoms with van der Waals surface area (Å²) in [5.41, 5.74) is 6.18. The molecule has 7 nitrogen and oxygen atoms in total. The fourth-order valence-electron chi connectivity index (χ4n) is 4.36. The van der Waals surface area contributed by atoms with Gasteiger partial charge in [0.25, 0.3) is 0 Å². The largest absolute Gasteiger partial charge is 0.381 e. The molecule has 1 aliphatic rings. The van der Waals surface area contributed by atoms with Gasteiger partial charge in [0.1, 0.15) is 12.0 Å². The molecule has 2 aromatic carbocycles. The summed E-state index contributed by atoms with van der Waals surface area (Å²) in [5, 5.41) is 14.5. The maximum Gasteiger partial charge on any atom is 0.141 e. The van der Waals surface area contributed by atoms with Gasteiger partial charge in [-0.05, 0) is 43.4 Å². The van der Waals surface area contributed by atoms with Crippen molar-refractivity contribution in [3.05, 3.63) is 54.2 Å². The molecule has 3 heterocycles. The first kappa shape index (κ1) is 19.6. The van der Waals surface area contributed by atoms with Crippen LogP contribution in [0.15, 0.2) is 48.7 Å². The molecule has 0 aliphatic carbocycles. The Morgan fingerprint density at radius 1 is 1.13 bits per heavy atom. The second kappa shape index (κ2) is 8.43. The number of rotatable bonds is 6. The van der Waals surface area contributed by atoms with Gasteiger partial charge in [0.2, 0.25) is 0 Å². The predicted octanol–water partition coefficient (Wildman–Crippen LogP) is 3.90. The molecule has 4 aromatic rings. The monoisotopic (exact) mass is 415 g/mol. The zero-order chi connectivity index (χ0) is 21.2. The van der Waals surface area contributed by atoms with Crippen molar-refractivity contribution in [2.24, 2.45) is 5.92 Å². The molecule has 1 aliphatic heterocycles. The average Bonchev–Trinajstić information content (AvgIpc) is 3.39. The number of carbonyl (C=O) groups is 1. The van der Waals surface area contributed by atoms with E-state index in [9.17, 15) is 4.79 Å². The van der Waals surface area contributed by atoms with Crippen LogP contribution in [0.3, 0.4) is 0 Å². The van der Waals surface area contributed by atoms with Crippen molar-refractivity contribution in [3.8, 4) is 22.5 Å². The van der Waals surface area contributed by atoms with E-state index in [4.69, 9.17) is 4.74 Å². The topological polar surface area (TPSA) is 74.8 Å². The number of carbonyl (C=O) groups excluding carboxylic acids is 1. The van der Waals surface area contributed by atoms with Crippen LogP contribution in [-0.4, -0.2) is 44.3 Å². The number of aromatic nitrogens is 5. The molecule has 0 amide bonds. The third kappa shape index (κ3) is 3.77. The zero-order valence-electron chi connectivity index (χ0n) is 17.6. The van der Waals surface area contributed by atoms with E-state index < -0.39 is 0 Å². The van der Waals surface area contributed by atoms with Crippen LogP contribution >= 0.6 is 0 Å². The molecule has 7 heteroatoms. The number of ether oxygens (including phenoxy) is 1. The van der Waals surface area contributed by atoms with E-state index in [1.807, 2.05) is 12.1 Å². The van der Waals surface area contributed by atoms with Gasteiger partial charge in [-0.15, -0.1) is 5.10 Å². The summed E-state index contributed by atoms with van der Waals surface area (Å²) in [7, 11) is 0. The number of nitrogens with zero attached hydrogens (tertiary/aromatic N) is 5. The van der Waals surface area contributed by atoms with Crippen molar-refractivity contribution in [2.45, 2.75) is 32.9 Å². The van der Waals surface area contributed by atoms with Gasteiger partial charge in [0.15, 0.2) is 0 Å². The Morgan fingerprint density at radius 3 is 2.77 bits per heavy atom. The molecular formula is C24H25N5O2. The number of aryl methyl sites for hydroxylation is 1. The lowest BCUT2D eigenvalue weighted by Crippen LogP contribution is -2.21. The lowest BCUT2D eigenvalue weighted by atomic mass is 9.98. The van der Waals surface area contributed by atoms with Gasteiger partial charge >= 0.3 is 0 Å². The van der Waals surface area contributed by atoms with Crippen molar-refractivity contribution in [2.75, 3.05) is 13.2 Å². The van der Waals surface area contributed by atoms with Gasteiger partial charge in [0.05, 0.1) is 24.0 Å². The highest BCUT2D eigenvalue weighted by molar-refractivity contribution is 5.88. The second-order valence-corrected chi connectivity index (χ2v) is 8.11. The fraction of sp³-hybridized carbons (Fsp3) is 0.333. The third-order valence-electron chi connectivity index (χ3n) is 6.07. The molecule has 0 N–H and O–H groups in total. The van der Waals surface area contributed by atoms with Gasteiger partial charge in [-0.2, -0.15) is 5.10 Å². The van der Waals surface area contributed by atoms with Crippen LogP contribution in [0.1, 0.15) is 18.4 Å². The Balaban J connectivity index is 1.60. The molecule has 1 fully saturated rings. The SMILES string of the molecule is Cc1ccccc1-c1c(-c2ccc3c(cnn3CC=O)c2)nnn1CC1CCOCC1. The van der Waals surface area contributed by atoms with Crippen molar-refractivity contribution in [1.82, 2.24) is 24.8 Å². The highest BCUT2D eigenvalue weighted by atomic mass is 16.5. The van der Waals surface area contributed by atoms with Crippen LogP contribution in [0.25, 0.3) is 33.4 Å². The Hall–Kier alpha value is -3.32. The van der Waals surface area contributed by atoms with E-state index in [1.165, 1.54) is 5.56 Å². The van der Waals surface area contributed by atoms with E-state index in [1.54, 1.807) is 10.9 Å². The van der Waals surface area contributed by atoms with Crippen LogP contribution < -0.4 is 0 Å². The van der Waals surface area contributed by atoms with Crippen molar-refractivity contribution >= 4 is 17.2 Å². The normalized spacial score (nSPS) is 14.9. The summed E-state index contributed by atoms with van der Waals surface area (Å²) in [4.78, 5) is 10.9. The lowest BCUT2D eigenvalue weighted by Gasteiger charge is -2.22. The summed E-state index contributed by atoms with van der Waals surface area (Å²) in [6, 6.07) is 14.5. The first-order valence-electron chi connectivity index (χ1n) is 10.7. The molecule has 5 rings (SSSR count). The van der Waals surface area contributed by atoms with E-state index in [-0.39, 0.29) is 6.54 Å². The molecule has 0 atom stereocenters. The molecule has 0 unspecified atom stereocenters. The minimum Gasteiger partial charge on any atom is -0.381 e. The zero-order valence-corrected chi connectivity index (χ0v) is 17.6. The van der Waals surface area contributed by atoms with Gasteiger partial charge < -0.3 is 9.53 Å². The summed E-state index contributed by atoms with van der Waals surface area (Å²) >= 11 is 0. The Kier molecular flexibility index (Phi) is 5.34. The van der Waals surface area contributed by atoms with Gasteiger partial charge in [-0.3, -0.25) is 4.68 Å². The standard InChI is InChI=1S/C24H25N5O2/c1-17-4-2-3-5-21(17)24-23(26-27-29(24)16-18-8-12-31-13-9-18)19-6-7-22-20(14-19)15-25-28(22)10-11-30/h2-7,11,14-15,18H,8-10,12-13,16H2,1H3. The van der Waals surface area contributed by atoms with E-state index in [0.717, 1.165) is 72.3 Å². The van der Waals surface area contributed by atoms with Crippen LogP contribution in [-0.2, 0) is 22.6 Å². The summed E-state index contributed by atoms with van der Waals surface area (Å²) in [6.45, 7) is 4.83. The minimum atomic E-state index is 0.249. The van der Waals surface area contributed by atoms with E-state index >= 15 is 0 Å². The number of fused-ring (bicyclic) bond motifs is 1. The smallest absolute Gasteiger partial charge is 0.141 e. The Labute approximate surface area is 180 Å². The predicted molar refractivity (Wildman–Crippen MR) is 119 cm³/mol. The molecule has 0 bridgehead atoms. The van der Waals surface area contributed by atoms with Crippen LogP contribution in [0.4, 0.5) is 0 Å². The van der Waals surface area contributed by atoms with Crippen LogP contribution in [0.2, 0.25) is 0 Å². The Morgan fingerprint density at radius 2 is 1.97 bits per heavy atom. The molecule has 158 valence electrons. The first-order chi connectivity index (χ1) is 15.2. The molecule has 31 heavy (non-hydrogen) atoms. The van der Waals surface area contributed by atoms with Gasteiger partial charge in [0, 0.05) is 36.3 Å². The molecular weight excluding hydrogens is 390 g/mol. The molecule has 0 saturated carbocycles. The first-order valence-corrected chi connectivity index (χ1v) is 10.7. The molecule has 2 aromatic heterocycles. The van der Waals surface area contributed by atoms with Crippen molar-refractivity contribution in [3.63, 3.8) is 0 Å². The molecule has 0 spiro atoms. The number of benzene rings is 2. The quantitative estimate of drug-likeness (QED) is 0.447. The van der Waals surface area contributed by atoms with Gasteiger partial charge in [-0.1, -0.05) is 35.5 Å². The van der Waals surface area contributed by atoms with Crippen molar-refractivity contribution in [1.29, 1.82) is 0 Å². The van der Waals surface area contributed by atoms with Crippen molar-refractivity contribution < 1.29 is 9.53 Å². The third-order valence-corrected chi connectivity index (χ3v) is 6.07. The maximum atomic E-state index is 10.9. The molecule has 1 saturated heterocycles. The average molecular weight is 415 g/mol. The van der Waals surface area contributed by atoms with E-state index in [0.29, 0.717) is 5.92 Å². The number of aldehydes is 1. The highest BCUT2D eigenvalue weighted by Gasteiger charge is 2.22. The molecule has 0 radical (unpaired) electrons. The highest BCUT2D eigenvalue weighted by Crippen LogP contribution is 2.34. The summed E-state index contributed by atoms with van der Waals surface area (Å²) < 4.78 is 9.30. The maximum absolute atomic E-state index is 10.9. The summed E-state index contributed by atoms with van der Waals surface area (Å²) in [6.07, 6.45) is 4.75. The number of hydrogen-bond donors (Lipinski definition) is 0. The van der Waals surface area contributed by atoms with Crippen LogP contribution in [0, 0.1) is 12.8 Å². The van der Waals surface area contributed by atoms with E-state index in [2.05, 4.69) is 57.3 Å². The fourth-order valence-corrected chi connectivity index (χ4v) is 4.36.